The van der Waals surface area contributed by atoms with Crippen LogP contribution in [0.4, 0.5) is 5.82 Å². The van der Waals surface area contributed by atoms with E-state index in [0.29, 0.717) is 30.4 Å². The van der Waals surface area contributed by atoms with Crippen molar-refractivity contribution >= 4 is 27.2 Å². The maximum Gasteiger partial charge on any atom is 0.252 e. The minimum atomic E-state index is -3.42. The van der Waals surface area contributed by atoms with Gasteiger partial charge in [-0.1, -0.05) is 0 Å². The van der Waals surface area contributed by atoms with Crippen molar-refractivity contribution in [2.24, 2.45) is 0 Å². The second-order valence-corrected chi connectivity index (χ2v) is 10.2. The van der Waals surface area contributed by atoms with Crippen LogP contribution in [-0.4, -0.2) is 56.0 Å². The Balaban J connectivity index is 1.47. The van der Waals surface area contributed by atoms with Crippen LogP contribution in [0.15, 0.2) is 53.0 Å². The Morgan fingerprint density at radius 3 is 2.34 bits per heavy atom. The lowest BCUT2D eigenvalue weighted by Crippen LogP contribution is -2.48. The molecule has 1 saturated heterocycles. The molecule has 29 heavy (non-hydrogen) atoms. The molecule has 0 unspecified atom stereocenters. The van der Waals surface area contributed by atoms with Crippen molar-refractivity contribution in [3.63, 3.8) is 0 Å². The first-order valence-electron chi connectivity index (χ1n) is 9.25. The van der Waals surface area contributed by atoms with Gasteiger partial charge >= 0.3 is 0 Å². The van der Waals surface area contributed by atoms with Gasteiger partial charge in [0.1, 0.15) is 22.1 Å². The molecule has 0 amide bonds. The zero-order chi connectivity index (χ0) is 20.4. The lowest BCUT2D eigenvalue weighted by Gasteiger charge is -2.34. The molecule has 0 radical (unpaired) electrons. The highest BCUT2D eigenvalue weighted by Gasteiger charge is 2.30. The second-order valence-electron chi connectivity index (χ2n) is 6.75. The molecule has 1 aromatic carbocycles. The van der Waals surface area contributed by atoms with Gasteiger partial charge in [-0.15, -0.1) is 11.3 Å². The molecule has 1 aliphatic heterocycles. The molecule has 4 rings (SSSR count). The Morgan fingerprint density at radius 1 is 1.00 bits per heavy atom. The maximum absolute atomic E-state index is 12.8. The number of methoxy groups -OCH3 is 1. The predicted molar refractivity (Wildman–Crippen MR) is 114 cm³/mol. The Kier molecular flexibility index (Phi) is 5.53. The number of nitrogens with zero attached hydrogens (tertiary/aromatic N) is 4. The van der Waals surface area contributed by atoms with Gasteiger partial charge in [-0.2, -0.15) is 4.31 Å². The molecule has 3 heterocycles. The summed E-state index contributed by atoms with van der Waals surface area (Å²) in [7, 11) is -1.79. The molecule has 0 bridgehead atoms. The Labute approximate surface area is 174 Å². The van der Waals surface area contributed by atoms with Gasteiger partial charge < -0.3 is 9.64 Å². The summed E-state index contributed by atoms with van der Waals surface area (Å²) in [5.74, 6) is 1.59. The number of aryl methyl sites for hydroxylation is 1. The molecule has 3 aromatic rings. The fraction of sp³-hybridized carbons (Fsp3) is 0.300. The SMILES string of the molecule is COc1ccc(-c2cc(N3CCN(S(=O)(=O)c4ccc(C)s4)CC3)ncn2)cc1. The number of anilines is 1. The summed E-state index contributed by atoms with van der Waals surface area (Å²) in [6.07, 6.45) is 1.55. The maximum atomic E-state index is 12.8. The van der Waals surface area contributed by atoms with E-state index < -0.39 is 10.0 Å². The molecular formula is C20H22N4O3S2. The van der Waals surface area contributed by atoms with E-state index in [1.807, 2.05) is 43.3 Å². The van der Waals surface area contributed by atoms with E-state index in [2.05, 4.69) is 14.9 Å². The third-order valence-electron chi connectivity index (χ3n) is 4.91. The van der Waals surface area contributed by atoms with Crippen molar-refractivity contribution in [3.05, 3.63) is 53.7 Å². The molecule has 0 aliphatic carbocycles. The summed E-state index contributed by atoms with van der Waals surface area (Å²) in [6, 6.07) is 13.2. The number of thiophene rings is 1. The van der Waals surface area contributed by atoms with Crippen molar-refractivity contribution in [2.75, 3.05) is 38.2 Å². The van der Waals surface area contributed by atoms with Gasteiger partial charge in [-0.25, -0.2) is 18.4 Å². The van der Waals surface area contributed by atoms with Crippen molar-refractivity contribution < 1.29 is 13.2 Å². The highest BCUT2D eigenvalue weighted by molar-refractivity contribution is 7.91. The summed E-state index contributed by atoms with van der Waals surface area (Å²) in [5, 5.41) is 0. The van der Waals surface area contributed by atoms with Crippen LogP contribution in [0, 0.1) is 6.92 Å². The van der Waals surface area contributed by atoms with Crippen LogP contribution in [0.25, 0.3) is 11.3 Å². The molecule has 2 aromatic heterocycles. The van der Waals surface area contributed by atoms with Gasteiger partial charge in [0.25, 0.3) is 10.0 Å². The standard InChI is InChI=1S/C20H22N4O3S2/c1-15-3-8-20(28-15)29(25,26)24-11-9-23(10-12-24)19-13-18(21-14-22-19)16-4-6-17(27-2)7-5-16/h3-8,13-14H,9-12H2,1-2H3. The topological polar surface area (TPSA) is 75.6 Å². The molecule has 0 atom stereocenters. The van der Waals surface area contributed by atoms with E-state index in [9.17, 15) is 8.42 Å². The zero-order valence-electron chi connectivity index (χ0n) is 16.3. The molecule has 7 nitrogen and oxygen atoms in total. The van der Waals surface area contributed by atoms with Gasteiger partial charge in [0, 0.05) is 42.7 Å². The van der Waals surface area contributed by atoms with E-state index >= 15 is 0 Å². The quantitative estimate of drug-likeness (QED) is 0.619. The van der Waals surface area contributed by atoms with Gasteiger partial charge in [-0.3, -0.25) is 0 Å². The number of hydrogen-bond donors (Lipinski definition) is 0. The summed E-state index contributed by atoms with van der Waals surface area (Å²) < 4.78 is 32.8. The van der Waals surface area contributed by atoms with Crippen molar-refractivity contribution in [2.45, 2.75) is 11.1 Å². The summed E-state index contributed by atoms with van der Waals surface area (Å²) in [4.78, 5) is 11.9. The summed E-state index contributed by atoms with van der Waals surface area (Å²) in [6.45, 7) is 3.95. The van der Waals surface area contributed by atoms with Gasteiger partial charge in [0.05, 0.1) is 12.8 Å². The number of hydrogen-bond acceptors (Lipinski definition) is 7. The number of benzene rings is 1. The first-order valence-corrected chi connectivity index (χ1v) is 11.5. The minimum absolute atomic E-state index is 0.410. The lowest BCUT2D eigenvalue weighted by atomic mass is 10.1. The Morgan fingerprint density at radius 2 is 1.72 bits per heavy atom. The average molecular weight is 431 g/mol. The van der Waals surface area contributed by atoms with E-state index in [0.717, 1.165) is 27.7 Å². The predicted octanol–water partition coefficient (Wildman–Crippen LogP) is 3.03. The van der Waals surface area contributed by atoms with Crippen LogP contribution in [0.1, 0.15) is 4.88 Å². The highest BCUT2D eigenvalue weighted by atomic mass is 32.2. The lowest BCUT2D eigenvalue weighted by molar-refractivity contribution is 0.384. The number of ether oxygens (including phenoxy) is 1. The second kappa shape index (κ2) is 8.10. The Hall–Kier alpha value is -2.49. The monoisotopic (exact) mass is 430 g/mol. The number of rotatable bonds is 5. The fourth-order valence-electron chi connectivity index (χ4n) is 3.28. The van der Waals surface area contributed by atoms with E-state index in [4.69, 9.17) is 4.74 Å². The smallest absolute Gasteiger partial charge is 0.252 e. The van der Waals surface area contributed by atoms with Crippen LogP contribution < -0.4 is 9.64 Å². The highest BCUT2D eigenvalue weighted by Crippen LogP contribution is 2.27. The molecule has 1 aliphatic rings. The van der Waals surface area contributed by atoms with Crippen molar-refractivity contribution in [1.82, 2.24) is 14.3 Å². The van der Waals surface area contributed by atoms with Crippen LogP contribution in [0.2, 0.25) is 0 Å². The van der Waals surface area contributed by atoms with Crippen LogP contribution >= 0.6 is 11.3 Å². The third kappa shape index (κ3) is 4.12. The van der Waals surface area contributed by atoms with Crippen molar-refractivity contribution in [1.29, 1.82) is 0 Å². The Bertz CT molecular complexity index is 1090. The average Bonchev–Trinajstić information content (AvgIpc) is 3.21. The summed E-state index contributed by atoms with van der Waals surface area (Å²) in [5.41, 5.74) is 1.80. The molecular weight excluding hydrogens is 408 g/mol. The van der Waals surface area contributed by atoms with Gasteiger partial charge in [0.15, 0.2) is 0 Å². The number of sulfonamides is 1. The van der Waals surface area contributed by atoms with Crippen LogP contribution in [0.3, 0.4) is 0 Å². The third-order valence-corrected chi connectivity index (χ3v) is 8.28. The van der Waals surface area contributed by atoms with E-state index in [1.54, 1.807) is 23.8 Å². The fourth-order valence-corrected chi connectivity index (χ4v) is 6.13. The van der Waals surface area contributed by atoms with Crippen LogP contribution in [-0.2, 0) is 10.0 Å². The van der Waals surface area contributed by atoms with Crippen molar-refractivity contribution in [3.8, 4) is 17.0 Å². The first kappa shape index (κ1) is 19.8. The zero-order valence-corrected chi connectivity index (χ0v) is 17.9. The molecule has 152 valence electrons. The van der Waals surface area contributed by atoms with E-state index in [1.165, 1.54) is 11.3 Å². The van der Waals surface area contributed by atoms with Crippen LogP contribution in [0.5, 0.6) is 5.75 Å². The number of piperazine rings is 1. The molecule has 0 N–H and O–H groups in total. The summed E-state index contributed by atoms with van der Waals surface area (Å²) >= 11 is 1.31. The van der Waals surface area contributed by atoms with Gasteiger partial charge in [0.2, 0.25) is 0 Å². The first-order chi connectivity index (χ1) is 14.0. The van der Waals surface area contributed by atoms with E-state index in [-0.39, 0.29) is 0 Å². The molecule has 0 spiro atoms. The number of aromatic nitrogens is 2. The van der Waals surface area contributed by atoms with Gasteiger partial charge in [-0.05, 0) is 43.3 Å². The molecule has 1 fully saturated rings. The molecule has 0 saturated carbocycles. The largest absolute Gasteiger partial charge is 0.497 e. The minimum Gasteiger partial charge on any atom is -0.497 e. The molecule has 9 heteroatoms. The normalized spacial score (nSPS) is 15.4.